The van der Waals surface area contributed by atoms with Crippen molar-refractivity contribution in [3.05, 3.63) is 53.1 Å². The summed E-state index contributed by atoms with van der Waals surface area (Å²) in [5.41, 5.74) is 2.25. The maximum Gasteiger partial charge on any atom is 0.325 e. The Hall–Kier alpha value is -3.77. The molecule has 0 radical (unpaired) electrons. The highest BCUT2D eigenvalue weighted by molar-refractivity contribution is 7.89. The van der Waals surface area contributed by atoms with Crippen molar-refractivity contribution in [3.63, 3.8) is 0 Å². The molecule has 11 nitrogen and oxygen atoms in total. The molecule has 1 aliphatic rings. The number of nitrogens with one attached hydrogen (secondary N) is 3. The number of sulfonamides is 1. The monoisotopic (exact) mass is 489 g/mol. The van der Waals surface area contributed by atoms with Gasteiger partial charge >= 0.3 is 5.97 Å². The van der Waals surface area contributed by atoms with E-state index in [0.29, 0.717) is 11.4 Å². The maximum atomic E-state index is 12.3. The quantitative estimate of drug-likeness (QED) is 0.339. The van der Waals surface area contributed by atoms with Crippen LogP contribution >= 0.6 is 0 Å². The largest absolute Gasteiger partial charge is 0.482 e. The van der Waals surface area contributed by atoms with Gasteiger partial charge < -0.3 is 20.1 Å². The van der Waals surface area contributed by atoms with E-state index in [9.17, 15) is 27.6 Å². The van der Waals surface area contributed by atoms with E-state index in [4.69, 9.17) is 9.47 Å². The summed E-state index contributed by atoms with van der Waals surface area (Å²) in [5, 5.41) is 4.79. The maximum absolute atomic E-state index is 12.3. The Morgan fingerprint density at radius 1 is 1.06 bits per heavy atom. The van der Waals surface area contributed by atoms with Crippen LogP contribution in [0.3, 0.4) is 0 Å². The Kier molecular flexibility index (Phi) is 7.64. The zero-order valence-electron chi connectivity index (χ0n) is 18.5. The third-order valence-corrected chi connectivity index (χ3v) is 6.34. The number of amides is 2. The third-order valence-electron chi connectivity index (χ3n) is 4.94. The van der Waals surface area contributed by atoms with Crippen LogP contribution in [0.25, 0.3) is 0 Å². The van der Waals surface area contributed by atoms with Gasteiger partial charge in [-0.25, -0.2) is 13.1 Å². The van der Waals surface area contributed by atoms with E-state index in [-0.39, 0.29) is 23.0 Å². The summed E-state index contributed by atoms with van der Waals surface area (Å²) in [6.07, 6.45) is 0. The molecule has 34 heavy (non-hydrogen) atoms. The fraction of sp³-hybridized carbons (Fsp3) is 0.273. The van der Waals surface area contributed by atoms with Crippen LogP contribution in [-0.4, -0.2) is 58.3 Å². The standard InChI is InChI=1S/C22H23N3O8S/c1-13-3-5-16(7-14(13)2)34(30,31)24-9-20(27)23-10-22(29)33-11-18(26)15-4-6-19-17(8-15)25-21(28)12-32-19/h3-8,24H,9-12H2,1-2H3,(H,23,27)(H,25,28). The number of fused-ring (bicyclic) bond motifs is 1. The lowest BCUT2D eigenvalue weighted by atomic mass is 10.1. The van der Waals surface area contributed by atoms with Gasteiger partial charge in [-0.2, -0.15) is 0 Å². The van der Waals surface area contributed by atoms with Gasteiger partial charge in [0.25, 0.3) is 5.91 Å². The first-order valence-corrected chi connectivity index (χ1v) is 11.6. The average molecular weight is 490 g/mol. The molecule has 0 atom stereocenters. The predicted molar refractivity (Wildman–Crippen MR) is 120 cm³/mol. The van der Waals surface area contributed by atoms with Crippen molar-refractivity contribution < 1.29 is 37.1 Å². The number of esters is 1. The Labute approximate surface area is 195 Å². The number of aryl methyl sites for hydroxylation is 2. The van der Waals surface area contributed by atoms with Crippen LogP contribution in [-0.2, 0) is 29.1 Å². The summed E-state index contributed by atoms with van der Waals surface area (Å²) in [5.74, 6) is -2.09. The van der Waals surface area contributed by atoms with Crippen LogP contribution in [0.4, 0.5) is 5.69 Å². The van der Waals surface area contributed by atoms with Gasteiger partial charge in [-0.05, 0) is 55.3 Å². The Balaban J connectivity index is 1.42. The molecule has 0 aliphatic carbocycles. The van der Waals surface area contributed by atoms with Gasteiger partial charge in [-0.1, -0.05) is 6.07 Å². The lowest BCUT2D eigenvalue weighted by molar-refractivity contribution is -0.142. The van der Waals surface area contributed by atoms with Crippen LogP contribution in [0.5, 0.6) is 5.75 Å². The molecule has 0 saturated heterocycles. The topological polar surface area (TPSA) is 157 Å². The van der Waals surface area contributed by atoms with Crippen LogP contribution in [0.2, 0.25) is 0 Å². The van der Waals surface area contributed by atoms with Gasteiger partial charge in [0.05, 0.1) is 17.1 Å². The van der Waals surface area contributed by atoms with Crippen molar-refractivity contribution >= 4 is 39.3 Å². The highest BCUT2D eigenvalue weighted by Crippen LogP contribution is 2.28. The number of anilines is 1. The molecule has 0 saturated carbocycles. The SMILES string of the molecule is Cc1ccc(S(=O)(=O)NCC(=O)NCC(=O)OCC(=O)c2ccc3c(c2)NC(=O)CO3)cc1C. The fourth-order valence-electron chi connectivity index (χ4n) is 2.90. The molecular weight excluding hydrogens is 466 g/mol. The average Bonchev–Trinajstić information content (AvgIpc) is 2.81. The molecular formula is C22H23N3O8S. The van der Waals surface area contributed by atoms with Gasteiger partial charge in [0.15, 0.2) is 19.0 Å². The lowest BCUT2D eigenvalue weighted by Crippen LogP contribution is -2.39. The molecule has 0 fully saturated rings. The first kappa shape index (κ1) is 24.9. The summed E-state index contributed by atoms with van der Waals surface area (Å²) in [4.78, 5) is 47.4. The molecule has 0 bridgehead atoms. The smallest absolute Gasteiger partial charge is 0.325 e. The number of ketones is 1. The Morgan fingerprint density at radius 3 is 2.56 bits per heavy atom. The second-order valence-electron chi connectivity index (χ2n) is 7.48. The number of Topliss-reactive ketones (excluding diaryl/α,β-unsaturated/α-hetero) is 1. The number of hydrogen-bond acceptors (Lipinski definition) is 8. The summed E-state index contributed by atoms with van der Waals surface area (Å²) < 4.78 is 36.8. The number of ether oxygens (including phenoxy) is 2. The summed E-state index contributed by atoms with van der Waals surface area (Å²) in [7, 11) is -3.90. The zero-order chi connectivity index (χ0) is 24.9. The summed E-state index contributed by atoms with van der Waals surface area (Å²) in [6.45, 7) is 1.80. The number of carbonyl (C=O) groups excluding carboxylic acids is 4. The predicted octanol–water partition coefficient (Wildman–Crippen LogP) is 0.455. The van der Waals surface area contributed by atoms with Crippen LogP contribution < -0.4 is 20.1 Å². The van der Waals surface area contributed by atoms with E-state index in [1.807, 2.05) is 6.92 Å². The first-order chi connectivity index (χ1) is 16.0. The van der Waals surface area contributed by atoms with Crippen molar-refractivity contribution in [2.24, 2.45) is 0 Å². The van der Waals surface area contributed by atoms with Crippen molar-refractivity contribution in [1.29, 1.82) is 0 Å². The molecule has 0 unspecified atom stereocenters. The van der Waals surface area contributed by atoms with Crippen LogP contribution in [0.15, 0.2) is 41.3 Å². The highest BCUT2D eigenvalue weighted by atomic mass is 32.2. The molecule has 1 aliphatic heterocycles. The fourth-order valence-corrected chi connectivity index (χ4v) is 3.96. The van der Waals surface area contributed by atoms with E-state index in [1.165, 1.54) is 30.3 Å². The van der Waals surface area contributed by atoms with Crippen molar-refractivity contribution in [1.82, 2.24) is 10.0 Å². The minimum atomic E-state index is -3.90. The molecule has 180 valence electrons. The molecule has 3 rings (SSSR count). The number of rotatable bonds is 9. The van der Waals surface area contributed by atoms with Crippen molar-refractivity contribution in [2.45, 2.75) is 18.7 Å². The summed E-state index contributed by atoms with van der Waals surface area (Å²) >= 11 is 0. The van der Waals surface area contributed by atoms with Crippen molar-refractivity contribution in [3.8, 4) is 5.75 Å². The molecule has 2 amide bonds. The normalized spacial score (nSPS) is 12.7. The van der Waals surface area contributed by atoms with Crippen LogP contribution in [0, 0.1) is 13.8 Å². The zero-order valence-corrected chi connectivity index (χ0v) is 19.3. The molecule has 0 aromatic heterocycles. The second kappa shape index (κ2) is 10.4. The molecule has 2 aromatic carbocycles. The molecule has 3 N–H and O–H groups in total. The molecule has 1 heterocycles. The van der Waals surface area contributed by atoms with Gasteiger partial charge in [0, 0.05) is 5.56 Å². The Bertz CT molecular complexity index is 1260. The number of hydrogen-bond donors (Lipinski definition) is 3. The van der Waals surface area contributed by atoms with E-state index in [0.717, 1.165) is 11.1 Å². The molecule has 12 heteroatoms. The third kappa shape index (κ3) is 6.39. The Morgan fingerprint density at radius 2 is 1.82 bits per heavy atom. The molecule has 2 aromatic rings. The highest BCUT2D eigenvalue weighted by Gasteiger charge is 2.19. The van der Waals surface area contributed by atoms with Gasteiger partial charge in [-0.3, -0.25) is 19.2 Å². The number of benzene rings is 2. The number of carbonyl (C=O) groups is 4. The lowest BCUT2D eigenvalue weighted by Gasteiger charge is -2.18. The van der Waals surface area contributed by atoms with E-state index < -0.39 is 47.4 Å². The second-order valence-corrected chi connectivity index (χ2v) is 9.25. The van der Waals surface area contributed by atoms with Crippen LogP contribution in [0.1, 0.15) is 21.5 Å². The van der Waals surface area contributed by atoms with Gasteiger partial charge in [-0.15, -0.1) is 0 Å². The van der Waals surface area contributed by atoms with Crippen molar-refractivity contribution in [2.75, 3.05) is 31.6 Å². The van der Waals surface area contributed by atoms with Gasteiger partial charge in [0.2, 0.25) is 15.9 Å². The van der Waals surface area contributed by atoms with Gasteiger partial charge in [0.1, 0.15) is 12.3 Å². The minimum Gasteiger partial charge on any atom is -0.482 e. The summed E-state index contributed by atoms with van der Waals surface area (Å²) in [6, 6.07) is 8.98. The molecule has 0 spiro atoms. The van der Waals surface area contributed by atoms with E-state index >= 15 is 0 Å². The minimum absolute atomic E-state index is 0.0228. The van der Waals surface area contributed by atoms with E-state index in [2.05, 4.69) is 15.4 Å². The van der Waals surface area contributed by atoms with E-state index in [1.54, 1.807) is 13.0 Å². The first-order valence-electron chi connectivity index (χ1n) is 10.1.